The van der Waals surface area contributed by atoms with Gasteiger partial charge in [0.15, 0.2) is 0 Å². The molecule has 5 heteroatoms. The van der Waals surface area contributed by atoms with E-state index in [-0.39, 0.29) is 11.6 Å². The Kier molecular flexibility index (Phi) is 5.15. The van der Waals surface area contributed by atoms with Crippen molar-refractivity contribution in [2.75, 3.05) is 17.3 Å². The number of carbonyl (C=O) groups excluding carboxylic acids is 2. The van der Waals surface area contributed by atoms with E-state index >= 15 is 0 Å². The number of imide groups is 1. The van der Waals surface area contributed by atoms with Crippen LogP contribution >= 0.6 is 0 Å². The van der Waals surface area contributed by atoms with Gasteiger partial charge in [-0.1, -0.05) is 66.2 Å². The molecule has 5 nitrogen and oxygen atoms in total. The Hall–Kier alpha value is -4.38. The number of benzene rings is 4. The van der Waals surface area contributed by atoms with Crippen LogP contribution in [0, 0.1) is 6.92 Å². The second kappa shape index (κ2) is 8.28. The monoisotopic (exact) mass is 434 g/mol. The van der Waals surface area contributed by atoms with Crippen LogP contribution in [0.3, 0.4) is 0 Å². The Bertz CT molecular complexity index is 1400. The molecule has 1 N–H and O–H groups in total. The van der Waals surface area contributed by atoms with E-state index in [9.17, 15) is 9.59 Å². The molecule has 162 valence electrons. The summed E-state index contributed by atoms with van der Waals surface area (Å²) in [6, 6.07) is 28.3. The van der Waals surface area contributed by atoms with Gasteiger partial charge >= 0.3 is 0 Å². The Morgan fingerprint density at radius 3 is 2.18 bits per heavy atom. The second-order valence-electron chi connectivity index (χ2n) is 7.91. The van der Waals surface area contributed by atoms with Crippen molar-refractivity contribution in [2.45, 2.75) is 6.92 Å². The number of nitrogens with zero attached hydrogens (tertiary/aromatic N) is 1. The van der Waals surface area contributed by atoms with Crippen LogP contribution in [0.1, 0.15) is 11.1 Å². The SMILES string of the molecule is COc1ccc(N2C(=O)C(Nc3cccc4ccccc34)=C(c3ccc(C)cc3)C2=O)cc1. The number of methoxy groups -OCH3 is 1. The van der Waals surface area contributed by atoms with Crippen LogP contribution in [-0.4, -0.2) is 18.9 Å². The molecule has 0 bridgehead atoms. The molecule has 4 aromatic carbocycles. The number of hydrogen-bond donors (Lipinski definition) is 1. The zero-order chi connectivity index (χ0) is 22.9. The van der Waals surface area contributed by atoms with Crippen molar-refractivity contribution in [1.82, 2.24) is 0 Å². The van der Waals surface area contributed by atoms with Gasteiger partial charge in [0.25, 0.3) is 11.8 Å². The van der Waals surface area contributed by atoms with Crippen molar-refractivity contribution < 1.29 is 14.3 Å². The molecule has 0 atom stereocenters. The van der Waals surface area contributed by atoms with E-state index < -0.39 is 5.91 Å². The molecule has 1 aliphatic heterocycles. The molecule has 0 saturated heterocycles. The maximum atomic E-state index is 13.6. The average molecular weight is 434 g/mol. The second-order valence-corrected chi connectivity index (χ2v) is 7.91. The van der Waals surface area contributed by atoms with Crippen LogP contribution in [0.25, 0.3) is 16.3 Å². The largest absolute Gasteiger partial charge is 0.497 e. The van der Waals surface area contributed by atoms with Crippen LogP contribution < -0.4 is 15.0 Å². The fourth-order valence-electron chi connectivity index (χ4n) is 4.07. The fraction of sp³-hybridized carbons (Fsp3) is 0.0714. The van der Waals surface area contributed by atoms with E-state index in [1.807, 2.05) is 73.7 Å². The molecule has 4 aromatic rings. The first kappa shape index (κ1) is 20.5. The van der Waals surface area contributed by atoms with E-state index in [1.54, 1.807) is 31.4 Å². The number of aryl methyl sites for hydroxylation is 1. The van der Waals surface area contributed by atoms with E-state index in [4.69, 9.17) is 4.74 Å². The van der Waals surface area contributed by atoms with Crippen molar-refractivity contribution in [3.63, 3.8) is 0 Å². The Labute approximate surface area is 191 Å². The molecule has 5 rings (SSSR count). The highest BCUT2D eigenvalue weighted by Crippen LogP contribution is 2.35. The van der Waals surface area contributed by atoms with Gasteiger partial charge in [0.05, 0.1) is 18.4 Å². The lowest BCUT2D eigenvalue weighted by Crippen LogP contribution is -2.32. The molecule has 0 unspecified atom stereocenters. The zero-order valence-electron chi connectivity index (χ0n) is 18.3. The highest BCUT2D eigenvalue weighted by molar-refractivity contribution is 6.46. The van der Waals surface area contributed by atoms with Crippen LogP contribution in [0.4, 0.5) is 11.4 Å². The minimum Gasteiger partial charge on any atom is -0.497 e. The van der Waals surface area contributed by atoms with Crippen LogP contribution in [0.5, 0.6) is 5.75 Å². The summed E-state index contributed by atoms with van der Waals surface area (Å²) in [5.41, 5.74) is 3.64. The van der Waals surface area contributed by atoms with Gasteiger partial charge in [-0.25, -0.2) is 4.90 Å². The first-order chi connectivity index (χ1) is 16.1. The minimum absolute atomic E-state index is 0.260. The lowest BCUT2D eigenvalue weighted by atomic mass is 10.0. The van der Waals surface area contributed by atoms with Gasteiger partial charge in [-0.15, -0.1) is 0 Å². The number of hydrogen-bond acceptors (Lipinski definition) is 4. The maximum Gasteiger partial charge on any atom is 0.282 e. The molecule has 1 heterocycles. The lowest BCUT2D eigenvalue weighted by molar-refractivity contribution is -0.120. The normalized spacial score (nSPS) is 13.7. The molecule has 0 fully saturated rings. The van der Waals surface area contributed by atoms with Crippen LogP contribution in [0.2, 0.25) is 0 Å². The summed E-state index contributed by atoms with van der Waals surface area (Å²) in [5, 5.41) is 5.31. The number of carbonyl (C=O) groups is 2. The van der Waals surface area contributed by atoms with Crippen molar-refractivity contribution in [1.29, 1.82) is 0 Å². The first-order valence-corrected chi connectivity index (χ1v) is 10.7. The molecule has 2 amide bonds. The molecule has 0 spiro atoms. The molecule has 33 heavy (non-hydrogen) atoms. The Morgan fingerprint density at radius 1 is 0.758 bits per heavy atom. The van der Waals surface area contributed by atoms with Crippen molar-refractivity contribution in [2.24, 2.45) is 0 Å². The van der Waals surface area contributed by atoms with Gasteiger partial charge in [0.2, 0.25) is 0 Å². The molecule has 0 radical (unpaired) electrons. The Balaban J connectivity index is 1.63. The third kappa shape index (κ3) is 3.64. The summed E-state index contributed by atoms with van der Waals surface area (Å²) in [6.07, 6.45) is 0. The summed E-state index contributed by atoms with van der Waals surface area (Å²) in [5.74, 6) is -0.107. The smallest absolute Gasteiger partial charge is 0.282 e. The topological polar surface area (TPSA) is 58.6 Å². The van der Waals surface area contributed by atoms with Crippen molar-refractivity contribution in [3.8, 4) is 5.75 Å². The number of fused-ring (bicyclic) bond motifs is 1. The number of amides is 2. The van der Waals surface area contributed by atoms with Gasteiger partial charge in [0.1, 0.15) is 11.4 Å². The summed E-state index contributed by atoms with van der Waals surface area (Å²) in [4.78, 5) is 28.4. The van der Waals surface area contributed by atoms with Gasteiger partial charge < -0.3 is 10.1 Å². The van der Waals surface area contributed by atoms with E-state index in [0.29, 0.717) is 22.6 Å². The number of rotatable bonds is 5. The summed E-state index contributed by atoms with van der Waals surface area (Å²) < 4.78 is 5.22. The standard InChI is InChI=1S/C28H22N2O3/c1-18-10-12-20(13-11-18)25-26(29-24-9-5-7-19-6-3-4-8-23(19)24)28(32)30(27(25)31)21-14-16-22(33-2)17-15-21/h3-17,29H,1-2H3. The fourth-order valence-corrected chi connectivity index (χ4v) is 4.07. The summed E-state index contributed by atoms with van der Waals surface area (Å²) >= 11 is 0. The van der Waals surface area contributed by atoms with Gasteiger partial charge in [-0.2, -0.15) is 0 Å². The lowest BCUT2D eigenvalue weighted by Gasteiger charge is -2.16. The highest BCUT2D eigenvalue weighted by Gasteiger charge is 2.40. The minimum atomic E-state index is -0.395. The maximum absolute atomic E-state index is 13.6. The molecule has 1 aliphatic rings. The molecular weight excluding hydrogens is 412 g/mol. The van der Waals surface area contributed by atoms with Crippen LogP contribution in [-0.2, 0) is 9.59 Å². The molecular formula is C28H22N2O3. The zero-order valence-corrected chi connectivity index (χ0v) is 18.3. The number of nitrogens with one attached hydrogen (secondary N) is 1. The summed E-state index contributed by atoms with van der Waals surface area (Å²) in [6.45, 7) is 1.98. The van der Waals surface area contributed by atoms with E-state index in [0.717, 1.165) is 22.0 Å². The highest BCUT2D eigenvalue weighted by atomic mass is 16.5. The van der Waals surface area contributed by atoms with Crippen molar-refractivity contribution >= 4 is 39.5 Å². The van der Waals surface area contributed by atoms with Gasteiger partial charge in [0, 0.05) is 11.1 Å². The number of ether oxygens (including phenoxy) is 1. The van der Waals surface area contributed by atoms with E-state index in [2.05, 4.69) is 5.32 Å². The number of anilines is 2. The van der Waals surface area contributed by atoms with Gasteiger partial charge in [-0.05, 0) is 48.2 Å². The quantitative estimate of drug-likeness (QED) is 0.418. The predicted octanol–water partition coefficient (Wildman–Crippen LogP) is 5.55. The van der Waals surface area contributed by atoms with Gasteiger partial charge in [-0.3, -0.25) is 9.59 Å². The van der Waals surface area contributed by atoms with Crippen LogP contribution in [0.15, 0.2) is 96.7 Å². The van der Waals surface area contributed by atoms with Crippen molar-refractivity contribution in [3.05, 3.63) is 108 Å². The first-order valence-electron chi connectivity index (χ1n) is 10.7. The average Bonchev–Trinajstić information content (AvgIpc) is 3.09. The van der Waals surface area contributed by atoms with E-state index in [1.165, 1.54) is 4.90 Å². The third-order valence-corrected chi connectivity index (χ3v) is 5.80. The third-order valence-electron chi connectivity index (χ3n) is 5.80. The molecule has 0 aliphatic carbocycles. The predicted molar refractivity (Wildman–Crippen MR) is 131 cm³/mol. The summed E-state index contributed by atoms with van der Waals surface area (Å²) in [7, 11) is 1.57. The molecule has 0 saturated carbocycles. The Morgan fingerprint density at radius 2 is 1.45 bits per heavy atom. The molecule has 0 aromatic heterocycles.